The molecular weight excluding hydrogens is 208 g/mol. The molecule has 3 N–H and O–H groups in total. The molecule has 0 saturated carbocycles. The highest BCUT2D eigenvalue weighted by Crippen LogP contribution is 2.26. The molecule has 0 aliphatic heterocycles. The zero-order valence-electron chi connectivity index (χ0n) is 8.80. The van der Waals surface area contributed by atoms with Crippen molar-refractivity contribution in [1.29, 1.82) is 0 Å². The Morgan fingerprint density at radius 1 is 1.62 bits per heavy atom. The number of aliphatic carboxylic acids is 1. The van der Waals surface area contributed by atoms with Gasteiger partial charge in [-0.3, -0.25) is 4.79 Å². The molecule has 1 unspecified atom stereocenters. The molecule has 5 heteroatoms. The van der Waals surface area contributed by atoms with Crippen molar-refractivity contribution in [3.05, 3.63) is 29.5 Å². The Balaban J connectivity index is 2.48. The maximum atomic E-state index is 10.6. The van der Waals surface area contributed by atoms with Crippen LogP contribution in [0.4, 0.5) is 0 Å². The van der Waals surface area contributed by atoms with Gasteiger partial charge in [0.2, 0.25) is 0 Å². The van der Waals surface area contributed by atoms with Crippen molar-refractivity contribution in [2.45, 2.75) is 19.4 Å². The first-order valence-electron chi connectivity index (χ1n) is 4.92. The highest BCUT2D eigenvalue weighted by atomic mass is 16.5. The third kappa shape index (κ3) is 1.77. The fourth-order valence-corrected chi connectivity index (χ4v) is 1.70. The van der Waals surface area contributed by atoms with Gasteiger partial charge >= 0.3 is 5.97 Å². The fourth-order valence-electron chi connectivity index (χ4n) is 1.70. The Bertz CT molecular complexity index is 533. The number of carboxylic acids is 1. The van der Waals surface area contributed by atoms with E-state index in [1.165, 1.54) is 0 Å². The molecule has 16 heavy (non-hydrogen) atoms. The van der Waals surface area contributed by atoms with E-state index in [0.29, 0.717) is 11.1 Å². The minimum absolute atomic E-state index is 0.126. The Morgan fingerprint density at radius 3 is 3.06 bits per heavy atom. The Labute approximate surface area is 91.8 Å². The number of carboxylic acid groups (broad SMARTS) is 1. The van der Waals surface area contributed by atoms with Gasteiger partial charge in [0.25, 0.3) is 0 Å². The maximum Gasteiger partial charge on any atom is 0.305 e. The molecular formula is C11H12N2O3. The summed E-state index contributed by atoms with van der Waals surface area (Å²) in [6, 6.07) is 4.89. The molecule has 0 saturated heterocycles. The molecule has 1 heterocycles. The summed E-state index contributed by atoms with van der Waals surface area (Å²) in [5.74, 6) is -0.930. The van der Waals surface area contributed by atoms with E-state index in [4.69, 9.17) is 15.4 Å². The topological polar surface area (TPSA) is 89.4 Å². The maximum absolute atomic E-state index is 10.6. The monoisotopic (exact) mass is 220 g/mol. The molecule has 1 atom stereocenters. The molecule has 84 valence electrons. The van der Waals surface area contributed by atoms with E-state index in [9.17, 15) is 4.79 Å². The van der Waals surface area contributed by atoms with Gasteiger partial charge in [-0.05, 0) is 13.0 Å². The van der Waals surface area contributed by atoms with E-state index >= 15 is 0 Å². The number of fused-ring (bicyclic) bond motifs is 1. The van der Waals surface area contributed by atoms with Crippen LogP contribution in [0.3, 0.4) is 0 Å². The second kappa shape index (κ2) is 3.94. The van der Waals surface area contributed by atoms with Crippen LogP contribution in [-0.2, 0) is 4.79 Å². The van der Waals surface area contributed by atoms with Crippen LogP contribution < -0.4 is 5.73 Å². The minimum atomic E-state index is -0.930. The van der Waals surface area contributed by atoms with E-state index in [2.05, 4.69) is 5.16 Å². The number of carbonyl (C=O) groups is 1. The molecule has 5 nitrogen and oxygen atoms in total. The van der Waals surface area contributed by atoms with Gasteiger partial charge in [0.15, 0.2) is 5.58 Å². The van der Waals surface area contributed by atoms with Crippen LogP contribution in [0.25, 0.3) is 11.0 Å². The lowest BCUT2D eigenvalue weighted by Gasteiger charge is -2.08. The Kier molecular flexibility index (Phi) is 2.62. The minimum Gasteiger partial charge on any atom is -0.481 e. The highest BCUT2D eigenvalue weighted by Gasteiger charge is 2.16. The van der Waals surface area contributed by atoms with Gasteiger partial charge in [-0.2, -0.15) is 0 Å². The van der Waals surface area contributed by atoms with Crippen LogP contribution >= 0.6 is 0 Å². The van der Waals surface area contributed by atoms with Crippen molar-refractivity contribution in [2.24, 2.45) is 5.73 Å². The first kappa shape index (κ1) is 10.6. The SMILES string of the molecule is Cc1noc2c(C(N)CC(=O)O)cccc12. The van der Waals surface area contributed by atoms with Gasteiger partial charge in [0.1, 0.15) is 0 Å². The van der Waals surface area contributed by atoms with E-state index in [1.54, 1.807) is 6.07 Å². The number of nitrogens with zero attached hydrogens (tertiary/aromatic N) is 1. The zero-order chi connectivity index (χ0) is 11.7. The summed E-state index contributed by atoms with van der Waals surface area (Å²) in [6.07, 6.45) is -0.126. The number of hydrogen-bond acceptors (Lipinski definition) is 4. The number of para-hydroxylation sites is 1. The Hall–Kier alpha value is -1.88. The molecule has 0 radical (unpaired) electrons. The molecule has 2 rings (SSSR count). The van der Waals surface area contributed by atoms with Gasteiger partial charge in [-0.1, -0.05) is 17.3 Å². The molecule has 1 aromatic heterocycles. The lowest BCUT2D eigenvalue weighted by molar-refractivity contribution is -0.137. The number of nitrogens with two attached hydrogens (primary N) is 1. The summed E-state index contributed by atoms with van der Waals surface area (Å²) >= 11 is 0. The average Bonchev–Trinajstić information content (AvgIpc) is 2.59. The summed E-state index contributed by atoms with van der Waals surface area (Å²) in [6.45, 7) is 1.83. The molecule has 0 aliphatic carbocycles. The fraction of sp³-hybridized carbons (Fsp3) is 0.273. The molecule has 0 amide bonds. The molecule has 2 aromatic rings. The standard InChI is InChI=1S/C11H12N2O3/c1-6-7-3-2-4-8(11(7)16-13-6)9(12)5-10(14)15/h2-4,9H,5,12H2,1H3,(H,14,15). The van der Waals surface area contributed by atoms with Gasteiger partial charge < -0.3 is 15.4 Å². The van der Waals surface area contributed by atoms with E-state index < -0.39 is 12.0 Å². The van der Waals surface area contributed by atoms with Crippen molar-refractivity contribution in [3.8, 4) is 0 Å². The third-order valence-corrected chi connectivity index (χ3v) is 2.50. The highest BCUT2D eigenvalue weighted by molar-refractivity contribution is 5.83. The largest absolute Gasteiger partial charge is 0.481 e. The molecule has 0 aliphatic rings. The van der Waals surface area contributed by atoms with E-state index in [-0.39, 0.29) is 6.42 Å². The van der Waals surface area contributed by atoms with Gasteiger partial charge in [0.05, 0.1) is 12.1 Å². The predicted octanol–water partition coefficient (Wildman–Crippen LogP) is 1.61. The van der Waals surface area contributed by atoms with Crippen molar-refractivity contribution >= 4 is 16.9 Å². The van der Waals surface area contributed by atoms with Gasteiger partial charge in [0, 0.05) is 17.0 Å². The van der Waals surface area contributed by atoms with Crippen LogP contribution in [-0.4, -0.2) is 16.2 Å². The van der Waals surface area contributed by atoms with Crippen LogP contribution in [0.2, 0.25) is 0 Å². The van der Waals surface area contributed by atoms with Crippen LogP contribution in [0.15, 0.2) is 22.7 Å². The second-order valence-electron chi connectivity index (χ2n) is 3.70. The summed E-state index contributed by atoms with van der Waals surface area (Å²) in [5.41, 5.74) is 7.84. The summed E-state index contributed by atoms with van der Waals surface area (Å²) in [4.78, 5) is 10.6. The van der Waals surface area contributed by atoms with Crippen molar-refractivity contribution < 1.29 is 14.4 Å². The van der Waals surface area contributed by atoms with Gasteiger partial charge in [-0.25, -0.2) is 0 Å². The first-order valence-corrected chi connectivity index (χ1v) is 4.92. The summed E-state index contributed by atoms with van der Waals surface area (Å²) in [7, 11) is 0. The molecule has 1 aromatic carbocycles. The lowest BCUT2D eigenvalue weighted by Crippen LogP contribution is -2.15. The number of aryl methyl sites for hydroxylation is 1. The van der Waals surface area contributed by atoms with Crippen molar-refractivity contribution in [3.63, 3.8) is 0 Å². The zero-order valence-corrected chi connectivity index (χ0v) is 8.80. The smallest absolute Gasteiger partial charge is 0.305 e. The van der Waals surface area contributed by atoms with Crippen molar-refractivity contribution in [2.75, 3.05) is 0 Å². The Morgan fingerprint density at radius 2 is 2.38 bits per heavy atom. The number of aromatic nitrogens is 1. The molecule has 0 bridgehead atoms. The van der Waals surface area contributed by atoms with Crippen LogP contribution in [0, 0.1) is 6.92 Å². The summed E-state index contributed by atoms with van der Waals surface area (Å²) < 4.78 is 5.16. The number of benzene rings is 1. The van der Waals surface area contributed by atoms with Gasteiger partial charge in [-0.15, -0.1) is 0 Å². The van der Waals surface area contributed by atoms with Crippen LogP contribution in [0.1, 0.15) is 23.7 Å². The van der Waals surface area contributed by atoms with Crippen LogP contribution in [0.5, 0.6) is 0 Å². The lowest BCUT2D eigenvalue weighted by atomic mass is 10.0. The average molecular weight is 220 g/mol. The molecule has 0 fully saturated rings. The number of rotatable bonds is 3. The first-order chi connectivity index (χ1) is 7.59. The number of hydrogen-bond donors (Lipinski definition) is 2. The predicted molar refractivity (Wildman–Crippen MR) is 57.9 cm³/mol. The van der Waals surface area contributed by atoms with Crippen molar-refractivity contribution in [1.82, 2.24) is 5.16 Å². The normalized spacial score (nSPS) is 12.9. The summed E-state index contributed by atoms with van der Waals surface area (Å²) in [5, 5.41) is 13.4. The third-order valence-electron chi connectivity index (χ3n) is 2.50. The quantitative estimate of drug-likeness (QED) is 0.820. The van der Waals surface area contributed by atoms with E-state index in [1.807, 2.05) is 19.1 Å². The molecule has 0 spiro atoms. The second-order valence-corrected chi connectivity index (χ2v) is 3.70. The van der Waals surface area contributed by atoms with E-state index in [0.717, 1.165) is 11.1 Å².